The third-order valence-corrected chi connectivity index (χ3v) is 4.99. The molecule has 0 aromatic carbocycles. The molecule has 2 rings (SSSR count). The number of hydrogen-bond acceptors (Lipinski definition) is 3. The van der Waals surface area contributed by atoms with Crippen LogP contribution in [0.3, 0.4) is 0 Å². The molecule has 100 valence electrons. The first-order valence-electron chi connectivity index (χ1n) is 7.13. The van der Waals surface area contributed by atoms with E-state index >= 15 is 0 Å². The summed E-state index contributed by atoms with van der Waals surface area (Å²) in [5.74, 6) is 0.953. The van der Waals surface area contributed by atoms with Crippen molar-refractivity contribution in [3.05, 3.63) is 0 Å². The highest BCUT2D eigenvalue weighted by atomic mass is 15.3. The second-order valence-corrected chi connectivity index (χ2v) is 6.62. The van der Waals surface area contributed by atoms with Crippen molar-refractivity contribution in [1.82, 2.24) is 9.80 Å². The molecule has 1 aliphatic carbocycles. The molecule has 1 aliphatic heterocycles. The Hall–Kier alpha value is -0.120. The Balaban J connectivity index is 2.03. The molecule has 0 aromatic rings. The van der Waals surface area contributed by atoms with Crippen molar-refractivity contribution in [2.45, 2.75) is 57.7 Å². The Kier molecular flexibility index (Phi) is 3.81. The van der Waals surface area contributed by atoms with Crippen LogP contribution in [-0.2, 0) is 0 Å². The lowest BCUT2D eigenvalue weighted by Gasteiger charge is -2.50. The summed E-state index contributed by atoms with van der Waals surface area (Å²) >= 11 is 0. The van der Waals surface area contributed by atoms with E-state index in [-0.39, 0.29) is 5.54 Å². The molecule has 0 bridgehead atoms. The molecule has 2 fully saturated rings. The number of rotatable bonds is 4. The van der Waals surface area contributed by atoms with Gasteiger partial charge in [0.05, 0.1) is 0 Å². The summed E-state index contributed by atoms with van der Waals surface area (Å²) in [5, 5.41) is 0. The number of likely N-dealkylation sites (N-methyl/N-ethyl adjacent to an activating group) is 1. The van der Waals surface area contributed by atoms with Crippen LogP contribution >= 0.6 is 0 Å². The third kappa shape index (κ3) is 2.83. The van der Waals surface area contributed by atoms with Crippen LogP contribution in [0.1, 0.15) is 40.0 Å². The maximum atomic E-state index is 6.08. The summed E-state index contributed by atoms with van der Waals surface area (Å²) in [5.41, 5.74) is 6.31. The van der Waals surface area contributed by atoms with E-state index in [1.165, 1.54) is 32.4 Å². The van der Waals surface area contributed by atoms with Gasteiger partial charge in [-0.25, -0.2) is 0 Å². The number of nitrogens with two attached hydrogens (primary N) is 1. The minimum Gasteiger partial charge on any atom is -0.329 e. The minimum atomic E-state index is 0.227. The first-order valence-corrected chi connectivity index (χ1v) is 7.13. The van der Waals surface area contributed by atoms with Gasteiger partial charge in [-0.1, -0.05) is 12.8 Å². The van der Waals surface area contributed by atoms with Gasteiger partial charge in [0.25, 0.3) is 0 Å². The molecule has 0 spiro atoms. The van der Waals surface area contributed by atoms with Crippen molar-refractivity contribution >= 4 is 0 Å². The summed E-state index contributed by atoms with van der Waals surface area (Å²) in [6.45, 7) is 10.2. The zero-order chi connectivity index (χ0) is 12.6. The molecule has 1 heterocycles. The van der Waals surface area contributed by atoms with Gasteiger partial charge >= 0.3 is 0 Å². The molecule has 17 heavy (non-hydrogen) atoms. The van der Waals surface area contributed by atoms with Gasteiger partial charge in [0.1, 0.15) is 0 Å². The highest BCUT2D eigenvalue weighted by molar-refractivity contribution is 4.97. The molecule has 0 amide bonds. The normalized spacial score (nSPS) is 35.8. The van der Waals surface area contributed by atoms with Crippen molar-refractivity contribution in [2.24, 2.45) is 11.7 Å². The van der Waals surface area contributed by atoms with E-state index in [4.69, 9.17) is 5.73 Å². The van der Waals surface area contributed by atoms with E-state index in [9.17, 15) is 0 Å². The molecule has 0 aromatic heterocycles. The van der Waals surface area contributed by atoms with Crippen molar-refractivity contribution in [1.29, 1.82) is 0 Å². The van der Waals surface area contributed by atoms with Gasteiger partial charge in [0.2, 0.25) is 0 Å². The van der Waals surface area contributed by atoms with E-state index in [0.29, 0.717) is 12.1 Å². The van der Waals surface area contributed by atoms with Crippen molar-refractivity contribution < 1.29 is 0 Å². The number of nitrogens with zero attached hydrogens (tertiary/aromatic N) is 2. The summed E-state index contributed by atoms with van der Waals surface area (Å²) in [7, 11) is 2.24. The van der Waals surface area contributed by atoms with Gasteiger partial charge in [-0.05, 0) is 40.2 Å². The van der Waals surface area contributed by atoms with Gasteiger partial charge < -0.3 is 5.73 Å². The quantitative estimate of drug-likeness (QED) is 0.807. The number of piperazine rings is 1. The topological polar surface area (TPSA) is 32.5 Å². The van der Waals surface area contributed by atoms with E-state index in [1.807, 2.05) is 0 Å². The lowest BCUT2D eigenvalue weighted by molar-refractivity contribution is -0.00792. The predicted molar refractivity (Wildman–Crippen MR) is 73.1 cm³/mol. The lowest BCUT2D eigenvalue weighted by atomic mass is 9.90. The maximum absolute atomic E-state index is 6.08. The Morgan fingerprint density at radius 2 is 1.71 bits per heavy atom. The molecule has 0 radical (unpaired) electrons. The smallest absolute Gasteiger partial charge is 0.0307 e. The van der Waals surface area contributed by atoms with E-state index in [1.54, 1.807) is 0 Å². The third-order valence-electron chi connectivity index (χ3n) is 4.99. The average Bonchev–Trinajstić information content (AvgIpc) is 3.08. The van der Waals surface area contributed by atoms with Gasteiger partial charge in [-0.2, -0.15) is 0 Å². The molecular formula is C14H29N3. The van der Waals surface area contributed by atoms with Crippen molar-refractivity contribution in [3.63, 3.8) is 0 Å². The predicted octanol–water partition coefficient (Wildman–Crippen LogP) is 1.53. The minimum absolute atomic E-state index is 0.227. The molecule has 1 saturated heterocycles. The van der Waals surface area contributed by atoms with Crippen LogP contribution < -0.4 is 5.73 Å². The molecule has 3 heteroatoms. The molecule has 3 atom stereocenters. The SMILES string of the molecule is CC1CN(C(C)(CN)CC2CC2)CC(C)N1C. The van der Waals surface area contributed by atoms with E-state index < -0.39 is 0 Å². The van der Waals surface area contributed by atoms with Crippen molar-refractivity contribution in [2.75, 3.05) is 26.7 Å². The van der Waals surface area contributed by atoms with Crippen molar-refractivity contribution in [3.8, 4) is 0 Å². The zero-order valence-corrected chi connectivity index (χ0v) is 11.9. The summed E-state index contributed by atoms with van der Waals surface area (Å²) in [4.78, 5) is 5.14. The van der Waals surface area contributed by atoms with Crippen LogP contribution in [0.25, 0.3) is 0 Å². The highest BCUT2D eigenvalue weighted by Gasteiger charge is 2.40. The fourth-order valence-corrected chi connectivity index (χ4v) is 3.13. The second kappa shape index (κ2) is 4.87. The summed E-state index contributed by atoms with van der Waals surface area (Å²) < 4.78 is 0. The van der Waals surface area contributed by atoms with Gasteiger partial charge in [-0.3, -0.25) is 9.80 Å². The summed E-state index contributed by atoms with van der Waals surface area (Å²) in [6.07, 6.45) is 4.15. The molecular weight excluding hydrogens is 210 g/mol. The van der Waals surface area contributed by atoms with Gasteiger partial charge in [0, 0.05) is 37.3 Å². The van der Waals surface area contributed by atoms with Crippen LogP contribution in [0.15, 0.2) is 0 Å². The first kappa shape index (κ1) is 13.3. The summed E-state index contributed by atoms with van der Waals surface area (Å²) in [6, 6.07) is 1.28. The Morgan fingerprint density at radius 1 is 1.18 bits per heavy atom. The van der Waals surface area contributed by atoms with Crippen LogP contribution in [0.5, 0.6) is 0 Å². The molecule has 3 unspecified atom stereocenters. The molecule has 1 saturated carbocycles. The Morgan fingerprint density at radius 3 is 2.12 bits per heavy atom. The monoisotopic (exact) mass is 239 g/mol. The van der Waals surface area contributed by atoms with E-state index in [0.717, 1.165) is 12.5 Å². The van der Waals surface area contributed by atoms with Crippen LogP contribution in [0.2, 0.25) is 0 Å². The zero-order valence-electron chi connectivity index (χ0n) is 11.9. The maximum Gasteiger partial charge on any atom is 0.0307 e. The van der Waals surface area contributed by atoms with Crippen LogP contribution in [-0.4, -0.2) is 54.1 Å². The van der Waals surface area contributed by atoms with Gasteiger partial charge in [-0.15, -0.1) is 0 Å². The largest absolute Gasteiger partial charge is 0.329 e. The molecule has 2 N–H and O–H groups in total. The fourth-order valence-electron chi connectivity index (χ4n) is 3.13. The number of hydrogen-bond donors (Lipinski definition) is 1. The first-order chi connectivity index (χ1) is 7.96. The van der Waals surface area contributed by atoms with Crippen LogP contribution in [0, 0.1) is 5.92 Å². The molecule has 2 aliphatic rings. The Bertz CT molecular complexity index is 252. The Labute approximate surface area is 106 Å². The average molecular weight is 239 g/mol. The lowest BCUT2D eigenvalue weighted by Crippen LogP contribution is -2.63. The molecule has 3 nitrogen and oxygen atoms in total. The second-order valence-electron chi connectivity index (χ2n) is 6.62. The van der Waals surface area contributed by atoms with E-state index in [2.05, 4.69) is 37.6 Å². The standard InChI is InChI=1S/C14H29N3/c1-11-8-17(9-12(2)16(11)4)14(3,10-15)7-13-5-6-13/h11-13H,5-10,15H2,1-4H3. The van der Waals surface area contributed by atoms with Crippen LogP contribution in [0.4, 0.5) is 0 Å². The highest BCUT2D eigenvalue weighted by Crippen LogP contribution is 2.39. The fraction of sp³-hybridized carbons (Fsp3) is 1.00. The van der Waals surface area contributed by atoms with Gasteiger partial charge in [0.15, 0.2) is 0 Å².